The van der Waals surface area contributed by atoms with Crippen LogP contribution in [0.3, 0.4) is 0 Å². The van der Waals surface area contributed by atoms with E-state index in [0.717, 1.165) is 18.4 Å². The Kier molecular flexibility index (Phi) is 4.11. The van der Waals surface area contributed by atoms with Crippen molar-refractivity contribution >= 4 is 5.91 Å². The molecule has 3 rings (SSSR count). The molecule has 0 radical (unpaired) electrons. The van der Waals surface area contributed by atoms with Crippen LogP contribution in [0.5, 0.6) is 5.75 Å². The maximum absolute atomic E-state index is 12.2. The SMILES string of the molecule is O=C(N[C@H]1CCc2ccc(O)cc2C1)[C@@H](O)c1ccccc1. The normalized spacial score (nSPS) is 18.3. The molecule has 2 atom stereocenters. The molecule has 0 saturated carbocycles. The first kappa shape index (κ1) is 14.6. The second-order valence-electron chi connectivity index (χ2n) is 5.71. The molecule has 3 N–H and O–H groups in total. The summed E-state index contributed by atoms with van der Waals surface area (Å²) < 4.78 is 0. The summed E-state index contributed by atoms with van der Waals surface area (Å²) in [6, 6.07) is 14.3. The van der Waals surface area contributed by atoms with Gasteiger partial charge in [0.15, 0.2) is 6.10 Å². The van der Waals surface area contributed by atoms with Gasteiger partial charge in [-0.05, 0) is 48.1 Å². The van der Waals surface area contributed by atoms with Gasteiger partial charge in [0.25, 0.3) is 5.91 Å². The lowest BCUT2D eigenvalue weighted by molar-refractivity contribution is -0.130. The van der Waals surface area contributed by atoms with Crippen molar-refractivity contribution in [1.29, 1.82) is 0 Å². The Labute approximate surface area is 129 Å². The van der Waals surface area contributed by atoms with E-state index in [2.05, 4.69) is 5.32 Å². The van der Waals surface area contributed by atoms with E-state index in [-0.39, 0.29) is 17.7 Å². The van der Waals surface area contributed by atoms with Crippen LogP contribution < -0.4 is 5.32 Å². The van der Waals surface area contributed by atoms with Crippen LogP contribution in [-0.2, 0) is 17.6 Å². The van der Waals surface area contributed by atoms with Gasteiger partial charge in [-0.3, -0.25) is 4.79 Å². The van der Waals surface area contributed by atoms with E-state index in [4.69, 9.17) is 0 Å². The van der Waals surface area contributed by atoms with E-state index < -0.39 is 6.10 Å². The molecule has 0 aromatic heterocycles. The highest BCUT2D eigenvalue weighted by Crippen LogP contribution is 2.25. The fourth-order valence-corrected chi connectivity index (χ4v) is 2.93. The number of aliphatic hydroxyl groups is 1. The Hall–Kier alpha value is -2.33. The van der Waals surface area contributed by atoms with Crippen LogP contribution in [0.2, 0.25) is 0 Å². The molecule has 0 heterocycles. The number of rotatable bonds is 3. The molecule has 1 aliphatic rings. The van der Waals surface area contributed by atoms with E-state index in [1.807, 2.05) is 12.1 Å². The predicted molar refractivity (Wildman–Crippen MR) is 83.5 cm³/mol. The van der Waals surface area contributed by atoms with Crippen molar-refractivity contribution in [3.8, 4) is 5.75 Å². The lowest BCUT2D eigenvalue weighted by atomic mass is 9.88. The van der Waals surface area contributed by atoms with E-state index in [9.17, 15) is 15.0 Å². The summed E-state index contributed by atoms with van der Waals surface area (Å²) in [4.78, 5) is 12.2. The molecule has 2 aromatic carbocycles. The van der Waals surface area contributed by atoms with E-state index in [1.165, 1.54) is 5.56 Å². The van der Waals surface area contributed by atoms with Crippen LogP contribution in [0.4, 0.5) is 0 Å². The van der Waals surface area contributed by atoms with E-state index in [1.54, 1.807) is 36.4 Å². The third-order valence-electron chi connectivity index (χ3n) is 4.13. The zero-order chi connectivity index (χ0) is 15.5. The number of amides is 1. The number of hydrogen-bond acceptors (Lipinski definition) is 3. The summed E-state index contributed by atoms with van der Waals surface area (Å²) in [7, 11) is 0. The molecule has 22 heavy (non-hydrogen) atoms. The summed E-state index contributed by atoms with van der Waals surface area (Å²) in [6.45, 7) is 0. The predicted octanol–water partition coefficient (Wildman–Crippen LogP) is 2.10. The van der Waals surface area contributed by atoms with Crippen LogP contribution in [0.15, 0.2) is 48.5 Å². The number of carbonyl (C=O) groups excluding carboxylic acids is 1. The largest absolute Gasteiger partial charge is 0.508 e. The minimum atomic E-state index is -1.15. The Morgan fingerprint density at radius 3 is 2.68 bits per heavy atom. The Balaban J connectivity index is 1.66. The molecule has 2 aromatic rings. The molecule has 1 amide bonds. The quantitative estimate of drug-likeness (QED) is 0.812. The van der Waals surface area contributed by atoms with Gasteiger partial charge in [0.1, 0.15) is 5.75 Å². The fourth-order valence-electron chi connectivity index (χ4n) is 2.93. The number of phenolic OH excluding ortho intramolecular Hbond substituents is 1. The molecule has 0 saturated heterocycles. The van der Waals surface area contributed by atoms with Crippen molar-refractivity contribution in [3.63, 3.8) is 0 Å². The molecular weight excluding hydrogens is 278 g/mol. The number of phenols is 1. The molecule has 0 spiro atoms. The van der Waals surface area contributed by atoms with Crippen LogP contribution in [0, 0.1) is 0 Å². The van der Waals surface area contributed by atoms with Crippen LogP contribution in [0.1, 0.15) is 29.2 Å². The third kappa shape index (κ3) is 3.12. The molecule has 0 aliphatic heterocycles. The number of nitrogens with one attached hydrogen (secondary N) is 1. The molecule has 0 bridgehead atoms. The van der Waals surface area contributed by atoms with Crippen molar-refractivity contribution in [2.75, 3.05) is 0 Å². The standard InChI is InChI=1S/C18H19NO3/c20-16-9-7-12-6-8-15(10-14(12)11-16)19-18(22)17(21)13-4-2-1-3-5-13/h1-5,7,9,11,15,17,20-21H,6,8,10H2,(H,19,22)/t15-,17-/m0/s1. The summed E-state index contributed by atoms with van der Waals surface area (Å²) in [6.07, 6.45) is 1.23. The van der Waals surface area contributed by atoms with Gasteiger partial charge in [-0.25, -0.2) is 0 Å². The highest BCUT2D eigenvalue weighted by atomic mass is 16.3. The Morgan fingerprint density at radius 1 is 1.14 bits per heavy atom. The number of aryl methyl sites for hydroxylation is 1. The monoisotopic (exact) mass is 297 g/mol. The minimum absolute atomic E-state index is 0.0137. The molecule has 4 heteroatoms. The number of benzene rings is 2. The van der Waals surface area contributed by atoms with Crippen LogP contribution in [0.25, 0.3) is 0 Å². The first-order valence-corrected chi connectivity index (χ1v) is 7.47. The third-order valence-corrected chi connectivity index (χ3v) is 4.13. The molecule has 0 fully saturated rings. The number of fused-ring (bicyclic) bond motifs is 1. The number of aliphatic hydroxyl groups excluding tert-OH is 1. The van der Waals surface area contributed by atoms with E-state index in [0.29, 0.717) is 12.0 Å². The Morgan fingerprint density at radius 2 is 1.91 bits per heavy atom. The maximum atomic E-state index is 12.2. The van der Waals surface area contributed by atoms with Crippen LogP contribution in [-0.4, -0.2) is 22.2 Å². The topological polar surface area (TPSA) is 69.6 Å². The summed E-state index contributed by atoms with van der Waals surface area (Å²) >= 11 is 0. The highest BCUT2D eigenvalue weighted by Gasteiger charge is 2.24. The number of carbonyl (C=O) groups is 1. The zero-order valence-corrected chi connectivity index (χ0v) is 12.2. The van der Waals surface area contributed by atoms with Crippen molar-refractivity contribution in [2.24, 2.45) is 0 Å². The van der Waals surface area contributed by atoms with E-state index >= 15 is 0 Å². The van der Waals surface area contributed by atoms with Gasteiger partial charge in [0, 0.05) is 6.04 Å². The first-order valence-electron chi connectivity index (χ1n) is 7.47. The van der Waals surface area contributed by atoms with Crippen LogP contribution >= 0.6 is 0 Å². The second kappa shape index (κ2) is 6.20. The number of aromatic hydroxyl groups is 1. The smallest absolute Gasteiger partial charge is 0.253 e. The zero-order valence-electron chi connectivity index (χ0n) is 12.2. The number of hydrogen-bond donors (Lipinski definition) is 3. The van der Waals surface area contributed by atoms with Crippen molar-refractivity contribution in [2.45, 2.75) is 31.4 Å². The maximum Gasteiger partial charge on any atom is 0.253 e. The average molecular weight is 297 g/mol. The Bertz CT molecular complexity index is 669. The average Bonchev–Trinajstić information content (AvgIpc) is 2.54. The van der Waals surface area contributed by atoms with Gasteiger partial charge >= 0.3 is 0 Å². The first-order chi connectivity index (χ1) is 10.6. The summed E-state index contributed by atoms with van der Waals surface area (Å²) in [5.41, 5.74) is 2.87. The molecule has 0 unspecified atom stereocenters. The molecular formula is C18H19NO3. The second-order valence-corrected chi connectivity index (χ2v) is 5.71. The summed E-state index contributed by atoms with van der Waals surface area (Å²) in [5.74, 6) is -0.130. The highest BCUT2D eigenvalue weighted by molar-refractivity contribution is 5.82. The molecule has 114 valence electrons. The van der Waals surface area contributed by atoms with Crippen molar-refractivity contribution in [1.82, 2.24) is 5.32 Å². The van der Waals surface area contributed by atoms with Gasteiger partial charge in [-0.15, -0.1) is 0 Å². The lowest BCUT2D eigenvalue weighted by Crippen LogP contribution is -2.41. The van der Waals surface area contributed by atoms with Gasteiger partial charge in [0.05, 0.1) is 0 Å². The van der Waals surface area contributed by atoms with Gasteiger partial charge in [-0.2, -0.15) is 0 Å². The van der Waals surface area contributed by atoms with Gasteiger partial charge in [0.2, 0.25) is 0 Å². The van der Waals surface area contributed by atoms with Gasteiger partial charge in [-0.1, -0.05) is 36.4 Å². The lowest BCUT2D eigenvalue weighted by Gasteiger charge is -2.26. The fraction of sp³-hybridized carbons (Fsp3) is 0.278. The van der Waals surface area contributed by atoms with Crippen molar-refractivity contribution in [3.05, 3.63) is 65.2 Å². The summed E-state index contributed by atoms with van der Waals surface area (Å²) in [5, 5.41) is 22.6. The molecule has 1 aliphatic carbocycles. The molecule has 4 nitrogen and oxygen atoms in total. The van der Waals surface area contributed by atoms with Crippen molar-refractivity contribution < 1.29 is 15.0 Å². The van der Waals surface area contributed by atoms with Gasteiger partial charge < -0.3 is 15.5 Å². The minimum Gasteiger partial charge on any atom is -0.508 e.